The highest BCUT2D eigenvalue weighted by Crippen LogP contribution is 2.29. The Balaban J connectivity index is 1.21. The Labute approximate surface area is 163 Å². The molecule has 0 aromatic carbocycles. The van der Waals surface area contributed by atoms with E-state index in [0.717, 1.165) is 57.2 Å². The predicted octanol–water partition coefficient (Wildman–Crippen LogP) is 4.49. The van der Waals surface area contributed by atoms with E-state index in [-0.39, 0.29) is 0 Å². The van der Waals surface area contributed by atoms with Crippen LogP contribution in [0.5, 0.6) is 0 Å². The van der Waals surface area contributed by atoms with Gasteiger partial charge in [-0.15, -0.1) is 22.7 Å². The number of nitrogens with zero attached hydrogens (tertiary/aromatic N) is 3. The number of rotatable bonds is 6. The fourth-order valence-electron chi connectivity index (χ4n) is 4.05. The first kappa shape index (κ1) is 18.1. The van der Waals surface area contributed by atoms with E-state index >= 15 is 0 Å². The molecule has 0 N–H and O–H groups in total. The Kier molecular flexibility index (Phi) is 6.02. The van der Waals surface area contributed by atoms with Crippen molar-refractivity contribution in [1.29, 1.82) is 0 Å². The van der Waals surface area contributed by atoms with Gasteiger partial charge in [-0.1, -0.05) is 31.7 Å². The molecule has 0 spiro atoms. The average molecular weight is 390 g/mol. The molecule has 140 valence electrons. The second kappa shape index (κ2) is 8.63. The normalized spacial score (nSPS) is 19.3. The molecule has 0 atom stereocenters. The lowest BCUT2D eigenvalue weighted by atomic mass is 10.0. The second-order valence-electron chi connectivity index (χ2n) is 7.45. The number of hydrogen-bond acceptors (Lipinski definition) is 5. The van der Waals surface area contributed by atoms with Crippen LogP contribution < -0.4 is 0 Å². The quantitative estimate of drug-likeness (QED) is 0.730. The molecule has 4 nitrogen and oxygen atoms in total. The van der Waals surface area contributed by atoms with E-state index in [9.17, 15) is 4.79 Å². The smallest absolute Gasteiger partial charge is 0.222 e. The summed E-state index contributed by atoms with van der Waals surface area (Å²) in [5.74, 6) is 1.17. The Bertz CT molecular complexity index is 698. The summed E-state index contributed by atoms with van der Waals surface area (Å²) in [5.41, 5.74) is 1.10. The number of thiazole rings is 1. The molecule has 2 aromatic heterocycles. The van der Waals surface area contributed by atoms with Crippen molar-refractivity contribution in [2.24, 2.45) is 5.92 Å². The second-order valence-corrected chi connectivity index (χ2v) is 9.34. The molecule has 26 heavy (non-hydrogen) atoms. The summed E-state index contributed by atoms with van der Waals surface area (Å²) >= 11 is 3.48. The minimum atomic E-state index is 0.366. The Morgan fingerprint density at radius 2 is 1.96 bits per heavy atom. The Hall–Kier alpha value is -1.24. The van der Waals surface area contributed by atoms with Crippen LogP contribution in [0.3, 0.4) is 0 Å². The van der Waals surface area contributed by atoms with Crippen LogP contribution in [-0.4, -0.2) is 46.9 Å². The number of hydrogen-bond donors (Lipinski definition) is 0. The molecule has 0 bridgehead atoms. The van der Waals surface area contributed by atoms with Crippen LogP contribution in [0.1, 0.15) is 43.5 Å². The van der Waals surface area contributed by atoms with Crippen LogP contribution in [0.25, 0.3) is 10.6 Å². The summed E-state index contributed by atoms with van der Waals surface area (Å²) < 4.78 is 0. The van der Waals surface area contributed by atoms with Crippen molar-refractivity contribution in [3.05, 3.63) is 27.9 Å². The molecule has 1 amide bonds. The number of aromatic nitrogens is 1. The third-order valence-electron chi connectivity index (χ3n) is 5.65. The van der Waals surface area contributed by atoms with Gasteiger partial charge in [-0.05, 0) is 23.8 Å². The van der Waals surface area contributed by atoms with E-state index < -0.39 is 0 Å². The predicted molar refractivity (Wildman–Crippen MR) is 108 cm³/mol. The van der Waals surface area contributed by atoms with Crippen molar-refractivity contribution in [3.8, 4) is 10.6 Å². The van der Waals surface area contributed by atoms with Crippen LogP contribution in [0, 0.1) is 5.92 Å². The van der Waals surface area contributed by atoms with E-state index in [4.69, 9.17) is 4.98 Å². The lowest BCUT2D eigenvalue weighted by Crippen LogP contribution is -2.48. The topological polar surface area (TPSA) is 36.4 Å². The molecule has 1 saturated heterocycles. The molecule has 0 unspecified atom stereocenters. The molecule has 3 heterocycles. The van der Waals surface area contributed by atoms with Crippen molar-refractivity contribution in [3.63, 3.8) is 0 Å². The highest BCUT2D eigenvalue weighted by Gasteiger charge is 2.23. The van der Waals surface area contributed by atoms with Crippen LogP contribution in [0.2, 0.25) is 0 Å². The van der Waals surface area contributed by atoms with Crippen molar-refractivity contribution in [2.75, 3.05) is 26.2 Å². The van der Waals surface area contributed by atoms with Crippen molar-refractivity contribution < 1.29 is 4.79 Å². The van der Waals surface area contributed by atoms with E-state index in [0.29, 0.717) is 5.91 Å². The summed E-state index contributed by atoms with van der Waals surface area (Å²) in [7, 11) is 0. The first-order valence-electron chi connectivity index (χ1n) is 9.76. The molecule has 6 heteroatoms. The first-order valence-corrected chi connectivity index (χ1v) is 11.5. The Morgan fingerprint density at radius 1 is 1.15 bits per heavy atom. The van der Waals surface area contributed by atoms with Crippen molar-refractivity contribution in [1.82, 2.24) is 14.8 Å². The van der Waals surface area contributed by atoms with Gasteiger partial charge in [-0.3, -0.25) is 9.69 Å². The van der Waals surface area contributed by atoms with Crippen LogP contribution >= 0.6 is 22.7 Å². The molecule has 2 fully saturated rings. The summed E-state index contributed by atoms with van der Waals surface area (Å²) in [6, 6.07) is 4.20. The van der Waals surface area contributed by atoms with Gasteiger partial charge in [0.2, 0.25) is 5.91 Å². The molecule has 0 radical (unpaired) electrons. The minimum absolute atomic E-state index is 0.366. The van der Waals surface area contributed by atoms with Gasteiger partial charge in [0.1, 0.15) is 5.01 Å². The van der Waals surface area contributed by atoms with Gasteiger partial charge in [0, 0.05) is 38.0 Å². The molecular weight excluding hydrogens is 362 g/mol. The maximum Gasteiger partial charge on any atom is 0.222 e. The van der Waals surface area contributed by atoms with Crippen LogP contribution in [0.4, 0.5) is 0 Å². The maximum atomic E-state index is 12.5. The fourth-order valence-corrected chi connectivity index (χ4v) is 5.65. The summed E-state index contributed by atoms with van der Waals surface area (Å²) in [5, 5.41) is 5.43. The number of carbonyl (C=O) groups excluding carboxylic acids is 1. The first-order chi connectivity index (χ1) is 12.8. The lowest BCUT2D eigenvalue weighted by Gasteiger charge is -2.34. The monoisotopic (exact) mass is 389 g/mol. The van der Waals surface area contributed by atoms with Crippen molar-refractivity contribution in [2.45, 2.75) is 45.1 Å². The van der Waals surface area contributed by atoms with Crippen LogP contribution in [0.15, 0.2) is 22.9 Å². The zero-order chi connectivity index (χ0) is 17.8. The van der Waals surface area contributed by atoms with E-state index in [2.05, 4.69) is 32.7 Å². The molecule has 4 rings (SSSR count). The molecule has 2 aromatic rings. The van der Waals surface area contributed by atoms with Crippen molar-refractivity contribution >= 4 is 28.6 Å². The summed E-state index contributed by atoms with van der Waals surface area (Å²) in [6.07, 6.45) is 7.25. The number of amides is 1. The molecule has 2 aliphatic rings. The third kappa shape index (κ3) is 4.53. The number of piperazine rings is 1. The SMILES string of the molecule is O=C(CCC1CCCC1)N1CCN(Cc2nc(-c3cccs3)cs2)CC1. The van der Waals surface area contributed by atoms with E-state index in [1.807, 2.05) is 0 Å². The van der Waals surface area contributed by atoms with Gasteiger partial charge in [0.25, 0.3) is 0 Å². The van der Waals surface area contributed by atoms with E-state index in [1.165, 1.54) is 35.6 Å². The average Bonchev–Trinajstić information content (AvgIpc) is 3.41. The molecule has 1 aliphatic heterocycles. The van der Waals surface area contributed by atoms with Gasteiger partial charge < -0.3 is 4.90 Å². The van der Waals surface area contributed by atoms with Gasteiger partial charge >= 0.3 is 0 Å². The van der Waals surface area contributed by atoms with E-state index in [1.54, 1.807) is 22.7 Å². The number of carbonyl (C=O) groups is 1. The minimum Gasteiger partial charge on any atom is -0.340 e. The standard InChI is InChI=1S/C20H27N3OS2/c24-20(8-7-16-4-1-2-5-16)23-11-9-22(10-12-23)14-19-21-17(15-26-19)18-6-3-13-25-18/h3,6,13,15-16H,1-2,4-5,7-12,14H2. The van der Waals surface area contributed by atoms with Gasteiger partial charge in [0.15, 0.2) is 0 Å². The van der Waals surface area contributed by atoms with Gasteiger partial charge in [0.05, 0.1) is 17.1 Å². The lowest BCUT2D eigenvalue weighted by molar-refractivity contribution is -0.133. The molecule has 1 aliphatic carbocycles. The maximum absolute atomic E-state index is 12.5. The summed E-state index contributed by atoms with van der Waals surface area (Å²) in [4.78, 5) is 23.0. The highest BCUT2D eigenvalue weighted by atomic mass is 32.1. The fraction of sp³-hybridized carbons (Fsp3) is 0.600. The Morgan fingerprint density at radius 3 is 2.69 bits per heavy atom. The molecule has 1 saturated carbocycles. The zero-order valence-corrected chi connectivity index (χ0v) is 16.9. The highest BCUT2D eigenvalue weighted by molar-refractivity contribution is 7.14. The zero-order valence-electron chi connectivity index (χ0n) is 15.2. The largest absolute Gasteiger partial charge is 0.340 e. The number of thiophene rings is 1. The van der Waals surface area contributed by atoms with Crippen LogP contribution in [-0.2, 0) is 11.3 Å². The molecular formula is C20H27N3OS2. The van der Waals surface area contributed by atoms with Gasteiger partial charge in [-0.25, -0.2) is 4.98 Å². The van der Waals surface area contributed by atoms with Gasteiger partial charge in [-0.2, -0.15) is 0 Å². The summed E-state index contributed by atoms with van der Waals surface area (Å²) in [6.45, 7) is 4.56. The third-order valence-corrected chi connectivity index (χ3v) is 7.38.